The van der Waals surface area contributed by atoms with E-state index in [0.717, 1.165) is 11.4 Å². The van der Waals surface area contributed by atoms with E-state index in [0.29, 0.717) is 7.35 Å². The number of aromatic nitrogens is 2. The van der Waals surface area contributed by atoms with E-state index in [1.165, 1.54) is 77.9 Å². The molecule has 2 aromatic heterocycles. The molecule has 0 radical (unpaired) electrons. The van der Waals surface area contributed by atoms with Gasteiger partial charge in [-0.15, -0.1) is 0 Å². The van der Waals surface area contributed by atoms with Gasteiger partial charge in [0.15, 0.2) is 0 Å². The normalized spacial score (nSPS) is 15.9. The van der Waals surface area contributed by atoms with Gasteiger partial charge >= 0.3 is 329 Å². The summed E-state index contributed by atoms with van der Waals surface area (Å²) in [5.41, 5.74) is 21.1. The summed E-state index contributed by atoms with van der Waals surface area (Å²) in [6, 6.07) is 41.4. The van der Waals surface area contributed by atoms with E-state index in [-0.39, 0.29) is 35.6 Å². The van der Waals surface area contributed by atoms with Gasteiger partial charge in [-0.3, -0.25) is 0 Å². The first-order valence-electron chi connectivity index (χ1n) is 18.9. The molecule has 0 bridgehead atoms. The Morgan fingerprint density at radius 2 is 0.855 bits per heavy atom. The third-order valence-electron chi connectivity index (χ3n) is 11.0. The predicted octanol–water partition coefficient (Wildman–Crippen LogP) is 7.00. The van der Waals surface area contributed by atoms with Crippen LogP contribution in [-0.4, -0.2) is 9.97 Å². The second-order valence-corrected chi connectivity index (χ2v) is 22.3. The maximum Gasteiger partial charge on any atom is -1.00 e. The summed E-state index contributed by atoms with van der Waals surface area (Å²) in [5.74, 6) is 0. The molecule has 2 aliphatic carbocycles. The average molecular weight is 926 g/mol. The molecule has 2 aliphatic rings. The van der Waals surface area contributed by atoms with E-state index in [1.54, 1.807) is 0 Å². The van der Waals surface area contributed by atoms with Gasteiger partial charge in [0.1, 0.15) is 0 Å². The molecule has 0 saturated carbocycles. The van der Waals surface area contributed by atoms with Crippen LogP contribution in [0.25, 0.3) is 45.6 Å². The third-order valence-corrected chi connectivity index (χ3v) is 17.9. The Bertz CT molecular complexity index is 2210. The van der Waals surface area contributed by atoms with Crippen LogP contribution in [0, 0.1) is 13.8 Å². The quantitative estimate of drug-likeness (QED) is 0.168. The van der Waals surface area contributed by atoms with Gasteiger partial charge in [0.25, 0.3) is 0 Å². The number of halogens is 2. The Hall–Kier alpha value is -3.89. The number of benzene rings is 4. The maximum absolute atomic E-state index is 5.05. The zero-order chi connectivity index (χ0) is 37.1. The molecule has 0 saturated heterocycles. The summed E-state index contributed by atoms with van der Waals surface area (Å²) in [6.07, 6.45) is 9.02. The number of pyridine rings is 2. The van der Waals surface area contributed by atoms with Crippen molar-refractivity contribution in [3.05, 3.63) is 177 Å². The van der Waals surface area contributed by atoms with Crippen molar-refractivity contribution in [1.82, 2.24) is 9.97 Å². The predicted molar refractivity (Wildman–Crippen MR) is 220 cm³/mol. The van der Waals surface area contributed by atoms with Crippen molar-refractivity contribution in [3.63, 3.8) is 0 Å². The molecule has 0 N–H and O–H groups in total. The van der Waals surface area contributed by atoms with E-state index in [9.17, 15) is 0 Å². The summed E-state index contributed by atoms with van der Waals surface area (Å²) < 4.78 is 0.710. The van der Waals surface area contributed by atoms with E-state index in [1.807, 2.05) is 12.4 Å². The van der Waals surface area contributed by atoms with Gasteiger partial charge in [0.2, 0.25) is 0 Å². The van der Waals surface area contributed by atoms with E-state index >= 15 is 0 Å². The van der Waals surface area contributed by atoms with Crippen LogP contribution in [0.4, 0.5) is 0 Å². The molecular formula is C50H48Cl2HfN2. The molecule has 0 fully saturated rings. The number of rotatable bonds is 6. The molecule has 55 heavy (non-hydrogen) atoms. The Morgan fingerprint density at radius 3 is 1.18 bits per heavy atom. The molecule has 0 spiro atoms. The fourth-order valence-electron chi connectivity index (χ4n) is 7.85. The van der Waals surface area contributed by atoms with Crippen molar-refractivity contribution in [3.8, 4) is 22.3 Å². The topological polar surface area (TPSA) is 25.8 Å². The molecule has 0 amide bonds. The van der Waals surface area contributed by atoms with E-state index in [2.05, 4.69) is 177 Å². The molecule has 4 aromatic carbocycles. The summed E-state index contributed by atoms with van der Waals surface area (Å²) in [7, 11) is 0. The minimum Gasteiger partial charge on any atom is -1.00 e. The van der Waals surface area contributed by atoms with Crippen LogP contribution in [-0.2, 0) is 33.7 Å². The van der Waals surface area contributed by atoms with Crippen molar-refractivity contribution in [2.24, 2.45) is 0 Å². The maximum atomic E-state index is 5.05. The van der Waals surface area contributed by atoms with Crippen LogP contribution in [0.1, 0.15) is 105 Å². The molecule has 2 heterocycles. The van der Waals surface area contributed by atoms with Gasteiger partial charge in [0.05, 0.1) is 0 Å². The number of allylic oxidation sites excluding steroid dienone is 2. The number of nitrogens with zero attached hydrogens (tertiary/aromatic N) is 2. The van der Waals surface area contributed by atoms with Crippen LogP contribution in [0.2, 0.25) is 0 Å². The summed E-state index contributed by atoms with van der Waals surface area (Å²) in [5, 5.41) is 0. The van der Waals surface area contributed by atoms with Gasteiger partial charge in [-0.2, -0.15) is 0 Å². The minimum atomic E-state index is -1.65. The van der Waals surface area contributed by atoms with Crippen molar-refractivity contribution in [2.45, 2.75) is 73.6 Å². The van der Waals surface area contributed by atoms with Crippen LogP contribution in [0.5, 0.6) is 0 Å². The smallest absolute Gasteiger partial charge is 1.00 e. The van der Waals surface area contributed by atoms with Gasteiger partial charge < -0.3 is 24.8 Å². The Morgan fingerprint density at radius 1 is 0.473 bits per heavy atom. The van der Waals surface area contributed by atoms with Crippen LogP contribution in [0.15, 0.2) is 122 Å². The van der Waals surface area contributed by atoms with Crippen molar-refractivity contribution < 1.29 is 47.7 Å². The molecule has 276 valence electrons. The molecular weight excluding hydrogens is 878 g/mol. The molecule has 6 aromatic rings. The van der Waals surface area contributed by atoms with Gasteiger partial charge in [-0.1, -0.05) is 0 Å². The first-order valence-corrected chi connectivity index (χ1v) is 23.0. The van der Waals surface area contributed by atoms with Crippen LogP contribution >= 0.6 is 0 Å². The first kappa shape index (κ1) is 40.8. The van der Waals surface area contributed by atoms with Gasteiger partial charge in [-0.05, 0) is 0 Å². The van der Waals surface area contributed by atoms with Crippen molar-refractivity contribution in [2.75, 3.05) is 0 Å². The fraction of sp³-hybridized carbons (Fsp3) is 0.240. The van der Waals surface area contributed by atoms with E-state index in [4.69, 9.17) is 9.97 Å². The van der Waals surface area contributed by atoms with Gasteiger partial charge in [0, 0.05) is 0 Å². The van der Waals surface area contributed by atoms with Crippen LogP contribution in [0.3, 0.4) is 0 Å². The number of aryl methyl sites for hydroxylation is 2. The minimum absolute atomic E-state index is 0. The third kappa shape index (κ3) is 8.04. The second kappa shape index (κ2) is 15.9. The molecule has 5 heteroatoms. The average Bonchev–Trinajstić information content (AvgIpc) is 3.70. The van der Waals surface area contributed by atoms with E-state index < -0.39 is 22.9 Å². The SMILES string of the molecule is Cc1ccc(C2=Cc3c(-c4ccc(C(C)(C)C)cc4)cccc3[CH]2[Hf+2][CH]2C(c3ccc(C)cn3)=Cc3c(-c4ccc(C(C)(C)C)cc4)cccc32)nc1.[Cl-].[Cl-]. The molecule has 0 aliphatic heterocycles. The Labute approximate surface area is 351 Å². The Balaban J connectivity index is 0.00000257. The Kier molecular flexibility index (Phi) is 11.8. The summed E-state index contributed by atoms with van der Waals surface area (Å²) in [4.78, 5) is 10.1. The molecule has 2 nitrogen and oxygen atoms in total. The van der Waals surface area contributed by atoms with Crippen molar-refractivity contribution >= 4 is 23.3 Å². The zero-order valence-corrected chi connectivity index (χ0v) is 38.1. The first-order chi connectivity index (χ1) is 25.3. The fourth-order valence-corrected chi connectivity index (χ4v) is 15.1. The molecule has 2 atom stereocenters. The van der Waals surface area contributed by atoms with Crippen molar-refractivity contribution in [1.29, 1.82) is 0 Å². The number of hydrogen-bond acceptors (Lipinski definition) is 2. The summed E-state index contributed by atoms with van der Waals surface area (Å²) in [6.45, 7) is 17.9. The standard InChI is InChI=1S/2C25H24N.2ClH.Hf/c2*1-17-8-13-24(26-16-17)20-14-19-6-5-7-22(23(19)15-20)18-9-11-21(12-10-18)25(2,3)4;;;/h2*5-16H,1-4H3;2*1H;/q;;;;+2/p-2. The number of hydrogen-bond donors (Lipinski definition) is 0. The number of fused-ring (bicyclic) bond motifs is 2. The monoisotopic (exact) mass is 926 g/mol. The summed E-state index contributed by atoms with van der Waals surface area (Å²) >= 11 is -1.65. The zero-order valence-electron chi connectivity index (χ0n) is 33.0. The van der Waals surface area contributed by atoms with Crippen LogP contribution < -0.4 is 24.8 Å². The molecule has 8 rings (SSSR count). The molecule has 2 unspecified atom stereocenters. The second-order valence-electron chi connectivity index (χ2n) is 16.9. The largest absolute Gasteiger partial charge is 1.00 e. The van der Waals surface area contributed by atoms with Gasteiger partial charge in [-0.25, -0.2) is 0 Å².